The quantitative estimate of drug-likeness (QED) is 0.879. The molecule has 0 aromatic carbocycles. The molecular formula is C14H17ClN4O2. The van der Waals surface area contributed by atoms with Crippen LogP contribution in [0.5, 0.6) is 0 Å². The number of likely N-dealkylation sites (tertiary alicyclic amines) is 1. The van der Waals surface area contributed by atoms with E-state index in [4.69, 9.17) is 16.3 Å². The molecule has 0 spiro atoms. The van der Waals surface area contributed by atoms with Crippen molar-refractivity contribution in [1.29, 1.82) is 0 Å². The molecule has 0 unspecified atom stereocenters. The highest BCUT2D eigenvalue weighted by atomic mass is 35.5. The molecule has 1 aliphatic rings. The van der Waals surface area contributed by atoms with E-state index in [2.05, 4.69) is 15.2 Å². The van der Waals surface area contributed by atoms with Crippen molar-refractivity contribution in [3.63, 3.8) is 0 Å². The van der Waals surface area contributed by atoms with Crippen LogP contribution in [0.3, 0.4) is 0 Å². The number of nitrogens with one attached hydrogen (secondary N) is 1. The van der Waals surface area contributed by atoms with Gasteiger partial charge in [-0.05, 0) is 32.9 Å². The van der Waals surface area contributed by atoms with Gasteiger partial charge in [0, 0.05) is 30.1 Å². The molecule has 0 radical (unpaired) electrons. The van der Waals surface area contributed by atoms with Gasteiger partial charge in [-0.3, -0.25) is 0 Å². The van der Waals surface area contributed by atoms with Gasteiger partial charge in [-0.15, -0.1) is 10.2 Å². The lowest BCUT2D eigenvalue weighted by Gasteiger charge is -2.39. The summed E-state index contributed by atoms with van der Waals surface area (Å²) in [4.78, 5) is 16.8. The third kappa shape index (κ3) is 2.95. The summed E-state index contributed by atoms with van der Waals surface area (Å²) in [6.07, 6.45) is -0.266. The van der Waals surface area contributed by atoms with Crippen molar-refractivity contribution in [3.8, 4) is 0 Å². The average Bonchev–Trinajstić information content (AvgIpc) is 2.66. The zero-order valence-corrected chi connectivity index (χ0v) is 12.9. The summed E-state index contributed by atoms with van der Waals surface area (Å²) >= 11 is 5.82. The number of fused-ring (bicyclic) bond motifs is 1. The van der Waals surface area contributed by atoms with E-state index < -0.39 is 5.60 Å². The van der Waals surface area contributed by atoms with Crippen molar-refractivity contribution < 1.29 is 9.53 Å². The van der Waals surface area contributed by atoms with Gasteiger partial charge in [-0.1, -0.05) is 11.6 Å². The second kappa shape index (κ2) is 4.87. The van der Waals surface area contributed by atoms with Crippen molar-refractivity contribution in [2.24, 2.45) is 0 Å². The number of nitrogens with zero attached hydrogens (tertiary/aromatic N) is 3. The molecule has 0 aliphatic carbocycles. The van der Waals surface area contributed by atoms with Crippen LogP contribution in [0.4, 0.5) is 4.79 Å². The predicted molar refractivity (Wildman–Crippen MR) is 79.4 cm³/mol. The number of hydrogen-bond donors (Lipinski definition) is 1. The first-order valence-electron chi connectivity index (χ1n) is 6.81. The molecule has 3 heterocycles. The molecule has 0 bridgehead atoms. The summed E-state index contributed by atoms with van der Waals surface area (Å²) in [6.45, 7) is 6.87. The molecular weight excluding hydrogens is 292 g/mol. The van der Waals surface area contributed by atoms with Crippen molar-refractivity contribution in [3.05, 3.63) is 23.0 Å². The van der Waals surface area contributed by atoms with Crippen molar-refractivity contribution >= 4 is 28.7 Å². The van der Waals surface area contributed by atoms with Crippen LogP contribution < -0.4 is 0 Å². The molecule has 2 aromatic heterocycles. The van der Waals surface area contributed by atoms with Gasteiger partial charge >= 0.3 is 6.09 Å². The Morgan fingerprint density at radius 1 is 1.38 bits per heavy atom. The van der Waals surface area contributed by atoms with E-state index in [1.54, 1.807) is 11.0 Å². The van der Waals surface area contributed by atoms with Gasteiger partial charge in [-0.25, -0.2) is 4.79 Å². The van der Waals surface area contributed by atoms with Crippen molar-refractivity contribution in [2.45, 2.75) is 32.3 Å². The number of carbonyl (C=O) groups is 1. The summed E-state index contributed by atoms with van der Waals surface area (Å²) in [6, 6.07) is 3.78. The zero-order valence-electron chi connectivity index (χ0n) is 12.2. The number of ether oxygens (including phenoxy) is 1. The van der Waals surface area contributed by atoms with Crippen LogP contribution in [0.15, 0.2) is 12.1 Å². The van der Waals surface area contributed by atoms with Crippen molar-refractivity contribution in [2.75, 3.05) is 13.1 Å². The highest BCUT2D eigenvalue weighted by molar-refractivity contribution is 6.29. The smallest absolute Gasteiger partial charge is 0.410 e. The number of carbonyl (C=O) groups excluding carboxylic acids is 1. The fourth-order valence-corrected chi connectivity index (χ4v) is 2.45. The fraction of sp³-hybridized carbons (Fsp3) is 0.500. The Hall–Kier alpha value is -1.82. The van der Waals surface area contributed by atoms with Gasteiger partial charge in [0.25, 0.3) is 0 Å². The lowest BCUT2D eigenvalue weighted by atomic mass is 9.97. The maximum Gasteiger partial charge on any atom is 0.410 e. The van der Waals surface area contributed by atoms with E-state index in [-0.39, 0.29) is 12.0 Å². The molecule has 1 aliphatic heterocycles. The van der Waals surface area contributed by atoms with Gasteiger partial charge in [0.05, 0.1) is 0 Å². The van der Waals surface area contributed by atoms with Gasteiger partial charge in [-0.2, -0.15) is 0 Å². The summed E-state index contributed by atoms with van der Waals surface area (Å²) in [5.41, 5.74) is 1.29. The third-order valence-electron chi connectivity index (χ3n) is 3.34. The van der Waals surface area contributed by atoms with Crippen LogP contribution in [0.25, 0.3) is 11.0 Å². The summed E-state index contributed by atoms with van der Waals surface area (Å²) < 4.78 is 5.34. The Labute approximate surface area is 127 Å². The molecule has 112 valence electrons. The Bertz CT molecular complexity index is 686. The van der Waals surface area contributed by atoms with E-state index in [1.165, 1.54) is 0 Å². The molecule has 6 nitrogen and oxygen atoms in total. The Morgan fingerprint density at radius 2 is 2.10 bits per heavy atom. The largest absolute Gasteiger partial charge is 0.444 e. The highest BCUT2D eigenvalue weighted by Crippen LogP contribution is 2.30. The standard InChI is InChI=1S/C14H17ClN4O2/c1-14(2,3)21-13(20)19-6-9(7-19)10-4-8-5-11(15)17-18-12(8)16-10/h4-5,9H,6-7H2,1-3H3,(H,16,18). The average molecular weight is 309 g/mol. The van der Waals surface area contributed by atoms with E-state index in [9.17, 15) is 4.79 Å². The summed E-state index contributed by atoms with van der Waals surface area (Å²) in [7, 11) is 0. The van der Waals surface area contributed by atoms with Crippen LogP contribution in [0, 0.1) is 0 Å². The topological polar surface area (TPSA) is 71.1 Å². The number of aromatic nitrogens is 3. The molecule has 2 aromatic rings. The molecule has 1 saturated heterocycles. The first kappa shape index (κ1) is 14.1. The van der Waals surface area contributed by atoms with E-state index in [0.717, 1.165) is 11.1 Å². The first-order chi connectivity index (χ1) is 9.82. The molecule has 1 amide bonds. The van der Waals surface area contributed by atoms with Gasteiger partial charge < -0.3 is 14.6 Å². The third-order valence-corrected chi connectivity index (χ3v) is 3.53. The van der Waals surface area contributed by atoms with Gasteiger partial charge in [0.2, 0.25) is 0 Å². The molecule has 1 N–H and O–H groups in total. The lowest BCUT2D eigenvalue weighted by Crippen LogP contribution is -2.50. The summed E-state index contributed by atoms with van der Waals surface area (Å²) in [5, 5.41) is 9.11. The van der Waals surface area contributed by atoms with Gasteiger partial charge in [0.1, 0.15) is 5.60 Å². The number of aromatic amines is 1. The fourth-order valence-electron chi connectivity index (χ4n) is 2.30. The van der Waals surface area contributed by atoms with E-state index >= 15 is 0 Å². The minimum Gasteiger partial charge on any atom is -0.444 e. The van der Waals surface area contributed by atoms with Crippen LogP contribution in [-0.4, -0.2) is 44.9 Å². The molecule has 3 rings (SSSR count). The van der Waals surface area contributed by atoms with E-state index in [0.29, 0.717) is 23.9 Å². The second-order valence-corrected chi connectivity index (χ2v) is 6.67. The number of amides is 1. The van der Waals surface area contributed by atoms with Crippen molar-refractivity contribution in [1.82, 2.24) is 20.1 Å². The summed E-state index contributed by atoms with van der Waals surface area (Å²) in [5.74, 6) is 0.269. The maximum absolute atomic E-state index is 11.9. The monoisotopic (exact) mass is 308 g/mol. The number of rotatable bonds is 1. The maximum atomic E-state index is 11.9. The number of halogens is 1. The molecule has 21 heavy (non-hydrogen) atoms. The number of H-pyrrole nitrogens is 1. The first-order valence-corrected chi connectivity index (χ1v) is 7.19. The molecule has 0 atom stereocenters. The molecule has 7 heteroatoms. The van der Waals surface area contributed by atoms with Crippen LogP contribution in [0.2, 0.25) is 5.15 Å². The minimum atomic E-state index is -0.463. The highest BCUT2D eigenvalue weighted by Gasteiger charge is 2.35. The zero-order chi connectivity index (χ0) is 15.2. The molecule has 0 saturated carbocycles. The second-order valence-electron chi connectivity index (χ2n) is 6.28. The SMILES string of the molecule is CC(C)(C)OC(=O)N1CC(c2cc3cc(Cl)nnc3[nH]2)C1. The Kier molecular flexibility index (Phi) is 3.28. The van der Waals surface area contributed by atoms with Gasteiger partial charge in [0.15, 0.2) is 10.8 Å². The molecule has 1 fully saturated rings. The Morgan fingerprint density at radius 3 is 2.76 bits per heavy atom. The Balaban J connectivity index is 1.66. The van der Waals surface area contributed by atoms with Crippen LogP contribution >= 0.6 is 11.6 Å². The van der Waals surface area contributed by atoms with Crippen LogP contribution in [0.1, 0.15) is 32.4 Å². The minimum absolute atomic E-state index is 0.266. The van der Waals surface area contributed by atoms with Crippen LogP contribution in [-0.2, 0) is 4.74 Å². The normalized spacial score (nSPS) is 16.1. The lowest BCUT2D eigenvalue weighted by molar-refractivity contribution is 0.00793. The number of hydrogen-bond acceptors (Lipinski definition) is 4. The van der Waals surface area contributed by atoms with E-state index in [1.807, 2.05) is 26.8 Å². The predicted octanol–water partition coefficient (Wildman–Crippen LogP) is 2.95.